The van der Waals surface area contributed by atoms with E-state index in [-0.39, 0.29) is 4.90 Å². The number of benzene rings is 2. The molecule has 3 rings (SSSR count). The molecule has 3 aromatic rings. The fourth-order valence-electron chi connectivity index (χ4n) is 2.77. The van der Waals surface area contributed by atoms with Gasteiger partial charge in [0.05, 0.1) is 12.0 Å². The molecule has 0 atom stereocenters. The molecule has 0 aliphatic carbocycles. The Morgan fingerprint density at radius 1 is 1.07 bits per heavy atom. The Balaban J connectivity index is 1.47. The highest BCUT2D eigenvalue weighted by Crippen LogP contribution is 2.21. The van der Waals surface area contributed by atoms with Crippen LogP contribution in [0.25, 0.3) is 16.8 Å². The Kier molecular flexibility index (Phi) is 6.76. The summed E-state index contributed by atoms with van der Waals surface area (Å²) < 4.78 is 32.9. The highest BCUT2D eigenvalue weighted by Gasteiger charge is 2.16. The van der Waals surface area contributed by atoms with Crippen LogP contribution in [0.15, 0.2) is 71.9 Å². The molecular weight excluding hydrogens is 374 g/mol. The van der Waals surface area contributed by atoms with E-state index in [1.54, 1.807) is 37.7 Å². The van der Waals surface area contributed by atoms with E-state index in [0.717, 1.165) is 16.7 Å². The van der Waals surface area contributed by atoms with Gasteiger partial charge >= 0.3 is 0 Å². The van der Waals surface area contributed by atoms with Crippen molar-refractivity contribution in [2.75, 3.05) is 26.7 Å². The first-order valence-corrected chi connectivity index (χ1v) is 10.4. The first-order valence-electron chi connectivity index (χ1n) is 8.94. The minimum atomic E-state index is -3.58. The van der Waals surface area contributed by atoms with Crippen LogP contribution in [0.2, 0.25) is 0 Å². The SMILES string of the molecule is COc1ccc(/C=C/CNCCNS(=O)(=O)c2cccc3cnccc23)cc1. The van der Waals surface area contributed by atoms with Crippen LogP contribution >= 0.6 is 0 Å². The summed E-state index contributed by atoms with van der Waals surface area (Å²) in [5, 5.41) is 4.66. The van der Waals surface area contributed by atoms with Crippen molar-refractivity contribution >= 4 is 26.9 Å². The summed E-state index contributed by atoms with van der Waals surface area (Å²) >= 11 is 0. The van der Waals surface area contributed by atoms with Gasteiger partial charge < -0.3 is 10.1 Å². The van der Waals surface area contributed by atoms with Gasteiger partial charge in [0, 0.05) is 42.8 Å². The summed E-state index contributed by atoms with van der Waals surface area (Å²) in [5.41, 5.74) is 1.08. The summed E-state index contributed by atoms with van der Waals surface area (Å²) in [6.45, 7) is 1.48. The number of hydrogen-bond acceptors (Lipinski definition) is 5. The van der Waals surface area contributed by atoms with Gasteiger partial charge in [0.15, 0.2) is 0 Å². The first kappa shape index (κ1) is 20.0. The van der Waals surface area contributed by atoms with Gasteiger partial charge in [-0.25, -0.2) is 13.1 Å². The molecule has 0 saturated carbocycles. The molecule has 0 aliphatic rings. The zero-order valence-corrected chi connectivity index (χ0v) is 16.4. The topological polar surface area (TPSA) is 80.3 Å². The van der Waals surface area contributed by atoms with Crippen LogP contribution in [0.1, 0.15) is 5.56 Å². The molecule has 146 valence electrons. The second-order valence-corrected chi connectivity index (χ2v) is 7.87. The summed E-state index contributed by atoms with van der Waals surface area (Å²) in [6.07, 6.45) is 7.25. The third-order valence-electron chi connectivity index (χ3n) is 4.21. The quantitative estimate of drug-likeness (QED) is 0.543. The largest absolute Gasteiger partial charge is 0.497 e. The Morgan fingerprint density at radius 3 is 2.68 bits per heavy atom. The van der Waals surface area contributed by atoms with Gasteiger partial charge in [-0.2, -0.15) is 0 Å². The predicted octanol–water partition coefficient (Wildman–Crippen LogP) is 2.82. The van der Waals surface area contributed by atoms with E-state index in [2.05, 4.69) is 15.0 Å². The lowest BCUT2D eigenvalue weighted by atomic mass is 10.2. The molecule has 6 nitrogen and oxygen atoms in total. The normalized spacial score (nSPS) is 11.9. The van der Waals surface area contributed by atoms with Crippen molar-refractivity contribution in [2.24, 2.45) is 0 Å². The lowest BCUT2D eigenvalue weighted by molar-refractivity contribution is 0.415. The zero-order valence-electron chi connectivity index (χ0n) is 15.6. The van der Waals surface area contributed by atoms with E-state index in [1.807, 2.05) is 42.5 Å². The lowest BCUT2D eigenvalue weighted by Gasteiger charge is -2.09. The Bertz CT molecular complexity index is 1040. The van der Waals surface area contributed by atoms with Crippen molar-refractivity contribution in [1.82, 2.24) is 15.0 Å². The smallest absolute Gasteiger partial charge is 0.241 e. The molecule has 0 radical (unpaired) electrons. The van der Waals surface area contributed by atoms with E-state index >= 15 is 0 Å². The molecule has 2 N–H and O–H groups in total. The van der Waals surface area contributed by atoms with Gasteiger partial charge in [0.25, 0.3) is 0 Å². The van der Waals surface area contributed by atoms with Crippen LogP contribution in [0.3, 0.4) is 0 Å². The maximum atomic E-state index is 12.6. The highest BCUT2D eigenvalue weighted by molar-refractivity contribution is 7.89. The molecule has 2 aromatic carbocycles. The zero-order chi connectivity index (χ0) is 19.8. The molecule has 0 amide bonds. The molecule has 7 heteroatoms. The van der Waals surface area contributed by atoms with Crippen LogP contribution in [-0.2, 0) is 10.0 Å². The molecule has 0 spiro atoms. The first-order chi connectivity index (χ1) is 13.6. The van der Waals surface area contributed by atoms with Crippen molar-refractivity contribution in [3.8, 4) is 5.75 Å². The van der Waals surface area contributed by atoms with Crippen molar-refractivity contribution in [3.63, 3.8) is 0 Å². The van der Waals surface area contributed by atoms with E-state index in [0.29, 0.717) is 25.0 Å². The van der Waals surface area contributed by atoms with Crippen LogP contribution < -0.4 is 14.8 Å². The number of hydrogen-bond donors (Lipinski definition) is 2. The number of ether oxygens (including phenoxy) is 1. The van der Waals surface area contributed by atoms with Gasteiger partial charge in [0.2, 0.25) is 10.0 Å². The number of nitrogens with zero attached hydrogens (tertiary/aromatic N) is 1. The predicted molar refractivity (Wildman–Crippen MR) is 112 cm³/mol. The molecule has 0 bridgehead atoms. The van der Waals surface area contributed by atoms with Gasteiger partial charge in [-0.3, -0.25) is 4.98 Å². The molecule has 1 heterocycles. The summed E-state index contributed by atoms with van der Waals surface area (Å²) in [7, 11) is -1.94. The van der Waals surface area contributed by atoms with Crippen molar-refractivity contribution in [1.29, 1.82) is 0 Å². The maximum absolute atomic E-state index is 12.6. The average molecular weight is 398 g/mol. The fraction of sp³-hybridized carbons (Fsp3) is 0.190. The second-order valence-electron chi connectivity index (χ2n) is 6.13. The molecule has 0 aliphatic heterocycles. The Morgan fingerprint density at radius 2 is 1.89 bits per heavy atom. The molecule has 28 heavy (non-hydrogen) atoms. The standard InChI is InChI=1S/C21H23N3O3S/c1-27-19-9-7-17(8-10-19)4-3-12-22-14-15-24-28(25,26)21-6-2-5-18-16-23-13-11-20(18)21/h2-11,13,16,22,24H,12,14-15H2,1H3/b4-3+. The molecular formula is C21H23N3O3S. The third-order valence-corrected chi connectivity index (χ3v) is 5.73. The van der Waals surface area contributed by atoms with E-state index in [9.17, 15) is 8.42 Å². The number of methoxy groups -OCH3 is 1. The van der Waals surface area contributed by atoms with Crippen molar-refractivity contribution in [2.45, 2.75) is 4.90 Å². The highest BCUT2D eigenvalue weighted by atomic mass is 32.2. The number of pyridine rings is 1. The number of rotatable bonds is 9. The van der Waals surface area contributed by atoms with E-state index in [4.69, 9.17) is 4.74 Å². The fourth-order valence-corrected chi connectivity index (χ4v) is 4.03. The van der Waals surface area contributed by atoms with Gasteiger partial charge in [-0.15, -0.1) is 0 Å². The molecule has 0 unspecified atom stereocenters. The third kappa shape index (κ3) is 5.16. The number of aromatic nitrogens is 1. The average Bonchev–Trinajstić information content (AvgIpc) is 2.73. The second kappa shape index (κ2) is 9.45. The maximum Gasteiger partial charge on any atom is 0.241 e. The molecule has 0 fully saturated rings. The number of nitrogens with one attached hydrogen (secondary N) is 2. The van der Waals surface area contributed by atoms with Crippen molar-refractivity contribution < 1.29 is 13.2 Å². The van der Waals surface area contributed by atoms with Gasteiger partial charge in [-0.05, 0) is 29.8 Å². The van der Waals surface area contributed by atoms with Crippen LogP contribution in [0.4, 0.5) is 0 Å². The van der Waals surface area contributed by atoms with E-state index in [1.165, 1.54) is 0 Å². The number of sulfonamides is 1. The Hall–Kier alpha value is -2.74. The van der Waals surface area contributed by atoms with Gasteiger partial charge in [-0.1, -0.05) is 36.4 Å². The van der Waals surface area contributed by atoms with E-state index < -0.39 is 10.0 Å². The lowest BCUT2D eigenvalue weighted by Crippen LogP contribution is -2.32. The molecule has 1 aromatic heterocycles. The minimum absolute atomic E-state index is 0.270. The minimum Gasteiger partial charge on any atom is -0.497 e. The van der Waals surface area contributed by atoms with Gasteiger partial charge in [0.1, 0.15) is 5.75 Å². The number of fused-ring (bicyclic) bond motifs is 1. The van der Waals surface area contributed by atoms with Crippen LogP contribution in [-0.4, -0.2) is 40.1 Å². The molecule has 0 saturated heterocycles. The van der Waals surface area contributed by atoms with Crippen molar-refractivity contribution in [3.05, 3.63) is 72.6 Å². The monoisotopic (exact) mass is 397 g/mol. The summed E-state index contributed by atoms with van der Waals surface area (Å²) in [6, 6.07) is 14.7. The van der Waals surface area contributed by atoms with Crippen LogP contribution in [0, 0.1) is 0 Å². The summed E-state index contributed by atoms with van der Waals surface area (Å²) in [5.74, 6) is 0.824. The van der Waals surface area contributed by atoms with Crippen LogP contribution in [0.5, 0.6) is 5.75 Å². The summed E-state index contributed by atoms with van der Waals surface area (Å²) in [4.78, 5) is 4.30. The Labute approximate surface area is 165 Å².